The molecule has 1 amide bonds. The van der Waals surface area contributed by atoms with Crippen molar-refractivity contribution in [3.63, 3.8) is 0 Å². The monoisotopic (exact) mass is 351 g/mol. The lowest BCUT2D eigenvalue weighted by Gasteiger charge is -2.27. The molecule has 0 saturated carbocycles. The maximum absolute atomic E-state index is 12.4. The molecule has 2 N–H and O–H groups in total. The molecular weight excluding hydrogens is 326 g/mol. The van der Waals surface area contributed by atoms with Gasteiger partial charge in [-0.15, -0.1) is 12.4 Å². The Kier molecular flexibility index (Phi) is 5.56. The summed E-state index contributed by atoms with van der Waals surface area (Å²) >= 11 is 0. The maximum Gasteiger partial charge on any atom is 0.227 e. The summed E-state index contributed by atoms with van der Waals surface area (Å²) in [7, 11) is 0. The molecule has 0 bridgehead atoms. The van der Waals surface area contributed by atoms with E-state index < -0.39 is 0 Å². The number of fused-ring (bicyclic) bond motifs is 1. The summed E-state index contributed by atoms with van der Waals surface area (Å²) in [4.78, 5) is 17.0. The molecule has 1 aromatic carbocycles. The second-order valence-electron chi connectivity index (χ2n) is 7.52. The zero-order chi connectivity index (χ0) is 16.6. The molecule has 2 aromatic rings. The third-order valence-corrected chi connectivity index (χ3v) is 4.29. The van der Waals surface area contributed by atoms with Crippen molar-refractivity contribution >= 4 is 35.1 Å². The molecule has 1 aliphatic rings. The van der Waals surface area contributed by atoms with Crippen molar-refractivity contribution < 1.29 is 9.21 Å². The number of aromatic nitrogens is 1. The number of benzene rings is 1. The third kappa shape index (κ3) is 4.08. The van der Waals surface area contributed by atoms with Crippen molar-refractivity contribution in [1.82, 2.24) is 10.3 Å². The summed E-state index contributed by atoms with van der Waals surface area (Å²) in [5.74, 6) is 0.879. The Labute approximate surface area is 149 Å². The van der Waals surface area contributed by atoms with Gasteiger partial charge in [0.25, 0.3) is 0 Å². The molecule has 2 atom stereocenters. The molecule has 0 unspecified atom stereocenters. The van der Waals surface area contributed by atoms with Crippen LogP contribution in [-0.2, 0) is 10.2 Å². The average molecular weight is 352 g/mol. The van der Waals surface area contributed by atoms with Gasteiger partial charge in [0.15, 0.2) is 5.58 Å². The van der Waals surface area contributed by atoms with E-state index in [9.17, 15) is 4.79 Å². The fourth-order valence-corrected chi connectivity index (χ4v) is 2.94. The second kappa shape index (κ2) is 7.11. The van der Waals surface area contributed by atoms with E-state index in [1.54, 1.807) is 0 Å². The van der Waals surface area contributed by atoms with Gasteiger partial charge in [-0.2, -0.15) is 0 Å². The van der Waals surface area contributed by atoms with Gasteiger partial charge in [-0.1, -0.05) is 20.8 Å². The van der Waals surface area contributed by atoms with Gasteiger partial charge < -0.3 is 15.1 Å². The van der Waals surface area contributed by atoms with E-state index in [2.05, 4.69) is 43.3 Å². The summed E-state index contributed by atoms with van der Waals surface area (Å²) in [6, 6.07) is 6.03. The number of nitrogens with zero attached hydrogens (tertiary/aromatic N) is 1. The van der Waals surface area contributed by atoms with Gasteiger partial charge in [-0.25, -0.2) is 4.98 Å². The molecule has 2 heterocycles. The fourth-order valence-electron chi connectivity index (χ4n) is 2.94. The van der Waals surface area contributed by atoms with Gasteiger partial charge in [0.1, 0.15) is 5.52 Å². The molecule has 132 valence electrons. The number of amides is 1. The quantitative estimate of drug-likeness (QED) is 0.861. The third-order valence-electron chi connectivity index (χ3n) is 4.29. The lowest BCUT2D eigenvalue weighted by atomic mass is 9.92. The van der Waals surface area contributed by atoms with E-state index in [0.29, 0.717) is 11.9 Å². The first-order valence-electron chi connectivity index (χ1n) is 8.28. The highest BCUT2D eigenvalue weighted by molar-refractivity contribution is 5.94. The normalized spacial score (nSPS) is 21.3. The lowest BCUT2D eigenvalue weighted by Crippen LogP contribution is -2.40. The van der Waals surface area contributed by atoms with Crippen LogP contribution in [0.4, 0.5) is 5.69 Å². The van der Waals surface area contributed by atoms with Crippen molar-refractivity contribution in [2.75, 3.05) is 11.9 Å². The molecule has 24 heavy (non-hydrogen) atoms. The molecule has 1 aromatic heterocycles. The Morgan fingerprint density at radius 1 is 1.38 bits per heavy atom. The number of hydrogen-bond acceptors (Lipinski definition) is 4. The molecule has 6 heteroatoms. The molecule has 1 aliphatic heterocycles. The van der Waals surface area contributed by atoms with Crippen LogP contribution in [0.2, 0.25) is 0 Å². The van der Waals surface area contributed by atoms with Crippen LogP contribution in [0.1, 0.15) is 46.4 Å². The topological polar surface area (TPSA) is 67.2 Å². The summed E-state index contributed by atoms with van der Waals surface area (Å²) in [6.07, 6.45) is 1.77. The average Bonchev–Trinajstić information content (AvgIpc) is 2.90. The van der Waals surface area contributed by atoms with Gasteiger partial charge in [0.2, 0.25) is 11.8 Å². The molecule has 0 spiro atoms. The number of carbonyl (C=O) groups excluding carboxylic acids is 1. The Hall–Kier alpha value is -1.59. The summed E-state index contributed by atoms with van der Waals surface area (Å²) in [5.41, 5.74) is 2.19. The number of rotatable bonds is 2. The highest BCUT2D eigenvalue weighted by Crippen LogP contribution is 2.27. The molecule has 0 radical (unpaired) electrons. The van der Waals surface area contributed by atoms with Crippen molar-refractivity contribution in [2.45, 2.75) is 52.0 Å². The molecule has 1 saturated heterocycles. The summed E-state index contributed by atoms with van der Waals surface area (Å²) in [6.45, 7) is 9.22. The predicted molar refractivity (Wildman–Crippen MR) is 98.8 cm³/mol. The van der Waals surface area contributed by atoms with E-state index in [4.69, 9.17) is 4.42 Å². The van der Waals surface area contributed by atoms with E-state index in [0.717, 1.165) is 36.2 Å². The molecular formula is C18H26ClN3O2. The lowest BCUT2D eigenvalue weighted by molar-refractivity contribution is -0.120. The van der Waals surface area contributed by atoms with Crippen molar-refractivity contribution in [2.24, 2.45) is 5.92 Å². The van der Waals surface area contributed by atoms with Crippen LogP contribution in [0.5, 0.6) is 0 Å². The fraction of sp³-hybridized carbons (Fsp3) is 0.556. The minimum Gasteiger partial charge on any atom is -0.440 e. The Morgan fingerprint density at radius 3 is 2.79 bits per heavy atom. The van der Waals surface area contributed by atoms with Gasteiger partial charge >= 0.3 is 0 Å². The van der Waals surface area contributed by atoms with Gasteiger partial charge in [-0.3, -0.25) is 4.79 Å². The number of oxazole rings is 1. The first-order valence-corrected chi connectivity index (χ1v) is 8.28. The smallest absolute Gasteiger partial charge is 0.227 e. The Bertz CT molecular complexity index is 721. The number of halogens is 1. The number of hydrogen-bond donors (Lipinski definition) is 2. The Balaban J connectivity index is 0.00000208. The highest BCUT2D eigenvalue weighted by Gasteiger charge is 2.25. The number of carbonyl (C=O) groups is 1. The van der Waals surface area contributed by atoms with Crippen LogP contribution >= 0.6 is 12.4 Å². The van der Waals surface area contributed by atoms with Gasteiger partial charge in [-0.05, 0) is 44.5 Å². The standard InChI is InChI=1S/C18H25N3O2.ClH/c1-11-9-12(7-8-19-11)16(22)20-13-5-6-15-14(10-13)21-17(23-15)18(2,3)4;/h5-6,10-12,19H,7-9H2,1-4H3,(H,20,22);1H/t11-,12-;/m0./s1. The highest BCUT2D eigenvalue weighted by atomic mass is 35.5. The second-order valence-corrected chi connectivity index (χ2v) is 7.52. The predicted octanol–water partition coefficient (Wildman–Crippen LogP) is 3.87. The minimum atomic E-state index is -0.131. The van der Waals surface area contributed by atoms with Crippen LogP contribution in [0, 0.1) is 5.92 Å². The molecule has 1 fully saturated rings. The first-order chi connectivity index (χ1) is 10.8. The van der Waals surface area contributed by atoms with Crippen molar-refractivity contribution in [3.05, 3.63) is 24.1 Å². The number of nitrogens with one attached hydrogen (secondary N) is 2. The van der Waals surface area contributed by atoms with Crippen LogP contribution in [0.15, 0.2) is 22.6 Å². The SMILES string of the molecule is C[C@H]1C[C@@H](C(=O)Nc2ccc3oc(C(C)(C)C)nc3c2)CCN1.Cl. The largest absolute Gasteiger partial charge is 0.440 e. The van der Waals surface area contributed by atoms with Crippen LogP contribution in [0.25, 0.3) is 11.1 Å². The van der Waals surface area contributed by atoms with E-state index in [1.165, 1.54) is 0 Å². The van der Waals surface area contributed by atoms with E-state index in [1.807, 2.05) is 18.2 Å². The van der Waals surface area contributed by atoms with Gasteiger partial charge in [0.05, 0.1) is 0 Å². The zero-order valence-corrected chi connectivity index (χ0v) is 15.5. The Morgan fingerprint density at radius 2 is 2.12 bits per heavy atom. The number of piperidine rings is 1. The van der Waals surface area contributed by atoms with Gasteiger partial charge in [0, 0.05) is 23.1 Å². The maximum atomic E-state index is 12.4. The zero-order valence-electron chi connectivity index (χ0n) is 14.7. The minimum absolute atomic E-state index is 0. The molecule has 0 aliphatic carbocycles. The van der Waals surface area contributed by atoms with E-state index in [-0.39, 0.29) is 29.6 Å². The molecule has 3 rings (SSSR count). The summed E-state index contributed by atoms with van der Waals surface area (Å²) < 4.78 is 5.79. The van der Waals surface area contributed by atoms with E-state index >= 15 is 0 Å². The van der Waals surface area contributed by atoms with Crippen LogP contribution in [-0.4, -0.2) is 23.5 Å². The van der Waals surface area contributed by atoms with Crippen LogP contribution < -0.4 is 10.6 Å². The van der Waals surface area contributed by atoms with Crippen LogP contribution in [0.3, 0.4) is 0 Å². The molecule has 5 nitrogen and oxygen atoms in total. The van der Waals surface area contributed by atoms with Crippen molar-refractivity contribution in [3.8, 4) is 0 Å². The van der Waals surface area contributed by atoms with Crippen molar-refractivity contribution in [1.29, 1.82) is 0 Å². The summed E-state index contributed by atoms with van der Waals surface area (Å²) in [5, 5.41) is 6.39. The first kappa shape index (κ1) is 18.7. The number of anilines is 1.